The summed E-state index contributed by atoms with van der Waals surface area (Å²) >= 11 is 1.74. The van der Waals surface area contributed by atoms with Gasteiger partial charge in [-0.15, -0.1) is 0 Å². The van der Waals surface area contributed by atoms with Crippen LogP contribution in [0.15, 0.2) is 73.1 Å². The first-order chi connectivity index (χ1) is 15.6. The molecule has 4 rings (SSSR count). The van der Waals surface area contributed by atoms with Crippen LogP contribution in [0, 0.1) is 11.6 Å². The molecule has 3 aromatic carbocycles. The number of nitrogens with zero attached hydrogens (tertiary/aromatic N) is 3. The first-order valence-corrected chi connectivity index (χ1v) is 11.2. The predicted molar refractivity (Wildman–Crippen MR) is 123 cm³/mol. The summed E-state index contributed by atoms with van der Waals surface area (Å²) in [6, 6.07) is 18.1. The van der Waals surface area contributed by atoms with Gasteiger partial charge in [-0.3, -0.25) is 0 Å². The summed E-state index contributed by atoms with van der Waals surface area (Å²) in [4.78, 5) is 12.9. The highest BCUT2D eigenvalue weighted by Crippen LogP contribution is 2.30. The van der Waals surface area contributed by atoms with Crippen LogP contribution in [0.4, 0.5) is 20.4 Å². The molecule has 0 saturated carbocycles. The van der Waals surface area contributed by atoms with Gasteiger partial charge >= 0.3 is 0 Å². The molecule has 162 valence electrons. The molecule has 8 heteroatoms. The summed E-state index contributed by atoms with van der Waals surface area (Å²) in [6.45, 7) is 0.148. The second-order valence-electron chi connectivity index (χ2n) is 6.95. The van der Waals surface area contributed by atoms with E-state index >= 15 is 0 Å². The molecule has 0 aliphatic carbocycles. The molecule has 0 amide bonds. The topological polar surface area (TPSA) is 59.9 Å². The maximum absolute atomic E-state index is 13.9. The SMILES string of the molecule is CSCc1cccc(Nc2ncnc(-c3ccc(F)cc3OCc3ccc(F)cc3)n2)c1. The van der Waals surface area contributed by atoms with Gasteiger partial charge in [0, 0.05) is 17.5 Å². The highest BCUT2D eigenvalue weighted by Gasteiger charge is 2.13. The molecule has 4 aromatic rings. The Morgan fingerprint density at radius 3 is 2.53 bits per heavy atom. The second-order valence-corrected chi connectivity index (χ2v) is 7.81. The summed E-state index contributed by atoms with van der Waals surface area (Å²) in [7, 11) is 0. The summed E-state index contributed by atoms with van der Waals surface area (Å²) in [5, 5.41) is 3.18. The van der Waals surface area contributed by atoms with Gasteiger partial charge in [0.15, 0.2) is 5.82 Å². The van der Waals surface area contributed by atoms with Gasteiger partial charge in [0.2, 0.25) is 5.95 Å². The number of rotatable bonds is 8. The van der Waals surface area contributed by atoms with Crippen LogP contribution in [0.2, 0.25) is 0 Å². The monoisotopic (exact) mass is 450 g/mol. The second kappa shape index (κ2) is 10.2. The molecule has 5 nitrogen and oxygen atoms in total. The third-order valence-corrected chi connectivity index (χ3v) is 5.18. The van der Waals surface area contributed by atoms with Gasteiger partial charge in [-0.1, -0.05) is 24.3 Å². The van der Waals surface area contributed by atoms with E-state index in [1.807, 2.05) is 18.2 Å². The van der Waals surface area contributed by atoms with Gasteiger partial charge in [-0.2, -0.15) is 16.7 Å². The van der Waals surface area contributed by atoms with Crippen molar-refractivity contribution >= 4 is 23.4 Å². The lowest BCUT2D eigenvalue weighted by atomic mass is 10.1. The van der Waals surface area contributed by atoms with Crippen LogP contribution in [-0.2, 0) is 12.4 Å². The zero-order chi connectivity index (χ0) is 22.3. The van der Waals surface area contributed by atoms with Crippen molar-refractivity contribution in [2.24, 2.45) is 0 Å². The van der Waals surface area contributed by atoms with Gasteiger partial charge < -0.3 is 10.1 Å². The summed E-state index contributed by atoms with van der Waals surface area (Å²) in [5.41, 5.74) is 3.33. The van der Waals surface area contributed by atoms with Crippen LogP contribution in [0.1, 0.15) is 11.1 Å². The maximum atomic E-state index is 13.9. The van der Waals surface area contributed by atoms with E-state index < -0.39 is 5.82 Å². The Morgan fingerprint density at radius 1 is 0.906 bits per heavy atom. The average Bonchev–Trinajstić information content (AvgIpc) is 2.79. The fourth-order valence-corrected chi connectivity index (χ4v) is 3.58. The minimum atomic E-state index is -0.444. The van der Waals surface area contributed by atoms with E-state index in [0.717, 1.165) is 17.0 Å². The number of nitrogens with one attached hydrogen (secondary N) is 1. The molecule has 0 bridgehead atoms. The molecule has 0 atom stereocenters. The van der Waals surface area contributed by atoms with Crippen LogP contribution < -0.4 is 10.1 Å². The van der Waals surface area contributed by atoms with Gasteiger partial charge in [-0.25, -0.2) is 18.7 Å². The molecule has 0 unspecified atom stereocenters. The molecule has 0 aliphatic rings. The number of benzene rings is 3. The largest absolute Gasteiger partial charge is 0.488 e. The highest BCUT2D eigenvalue weighted by molar-refractivity contribution is 7.97. The lowest BCUT2D eigenvalue weighted by Crippen LogP contribution is -2.02. The van der Waals surface area contributed by atoms with Gasteiger partial charge in [0.05, 0.1) is 5.56 Å². The highest BCUT2D eigenvalue weighted by atomic mass is 32.2. The van der Waals surface area contributed by atoms with Crippen molar-refractivity contribution < 1.29 is 13.5 Å². The number of ether oxygens (including phenoxy) is 1. The summed E-state index contributed by atoms with van der Waals surface area (Å²) in [6.07, 6.45) is 3.44. The molecule has 1 aromatic heterocycles. The first kappa shape index (κ1) is 21.7. The van der Waals surface area contributed by atoms with E-state index in [9.17, 15) is 8.78 Å². The quantitative estimate of drug-likeness (QED) is 0.355. The number of hydrogen-bond acceptors (Lipinski definition) is 6. The number of aromatic nitrogens is 3. The Kier molecular flexibility index (Phi) is 6.91. The smallest absolute Gasteiger partial charge is 0.230 e. The molecule has 0 saturated heterocycles. The minimum Gasteiger partial charge on any atom is -0.488 e. The van der Waals surface area contributed by atoms with Gasteiger partial charge in [0.1, 0.15) is 30.3 Å². The average molecular weight is 451 g/mol. The Labute approximate surface area is 188 Å². The number of anilines is 2. The molecule has 0 fully saturated rings. The van der Waals surface area contributed by atoms with E-state index in [2.05, 4.69) is 32.6 Å². The van der Waals surface area contributed by atoms with Crippen molar-refractivity contribution in [1.29, 1.82) is 0 Å². The Hall–Kier alpha value is -3.52. The molecule has 0 radical (unpaired) electrons. The van der Waals surface area contributed by atoms with Crippen molar-refractivity contribution in [3.8, 4) is 17.1 Å². The van der Waals surface area contributed by atoms with Crippen molar-refractivity contribution in [1.82, 2.24) is 15.0 Å². The van der Waals surface area contributed by atoms with E-state index in [-0.39, 0.29) is 18.2 Å². The molecule has 0 aliphatic heterocycles. The molecular weight excluding hydrogens is 430 g/mol. The zero-order valence-electron chi connectivity index (χ0n) is 17.3. The lowest BCUT2D eigenvalue weighted by Gasteiger charge is -2.12. The molecule has 0 spiro atoms. The third-order valence-electron chi connectivity index (χ3n) is 4.56. The first-order valence-electron chi connectivity index (χ1n) is 9.82. The van der Waals surface area contributed by atoms with Gasteiger partial charge in [0.25, 0.3) is 0 Å². The van der Waals surface area contributed by atoms with Gasteiger partial charge in [-0.05, 0) is 53.8 Å². The van der Waals surface area contributed by atoms with E-state index in [1.54, 1.807) is 30.0 Å². The standard InChI is InChI=1S/C24H20F2N4OS/c1-32-14-17-3-2-4-20(11-17)29-24-28-15-27-23(30-24)21-10-9-19(26)12-22(21)31-13-16-5-7-18(25)8-6-16/h2-12,15H,13-14H2,1H3,(H,27,28,29,30). The van der Waals surface area contributed by atoms with Crippen molar-refractivity contribution in [3.63, 3.8) is 0 Å². The summed E-state index contributed by atoms with van der Waals surface area (Å²) < 4.78 is 32.8. The molecule has 32 heavy (non-hydrogen) atoms. The Balaban J connectivity index is 1.57. The Morgan fingerprint density at radius 2 is 1.72 bits per heavy atom. The fourth-order valence-electron chi connectivity index (χ4n) is 3.06. The van der Waals surface area contributed by atoms with Crippen molar-refractivity contribution in [2.75, 3.05) is 11.6 Å². The number of halogens is 2. The molecular formula is C24H20F2N4OS. The van der Waals surface area contributed by atoms with E-state index in [1.165, 1.54) is 36.2 Å². The van der Waals surface area contributed by atoms with Crippen LogP contribution in [-0.4, -0.2) is 21.2 Å². The van der Waals surface area contributed by atoms with Crippen LogP contribution >= 0.6 is 11.8 Å². The van der Waals surface area contributed by atoms with E-state index in [0.29, 0.717) is 17.3 Å². The Bertz CT molecular complexity index is 1200. The third kappa shape index (κ3) is 5.59. The van der Waals surface area contributed by atoms with E-state index in [4.69, 9.17) is 4.74 Å². The zero-order valence-corrected chi connectivity index (χ0v) is 18.1. The number of hydrogen-bond donors (Lipinski definition) is 1. The predicted octanol–water partition coefficient (Wildman–Crippen LogP) is 6.00. The van der Waals surface area contributed by atoms with Crippen LogP contribution in [0.25, 0.3) is 11.4 Å². The van der Waals surface area contributed by atoms with Crippen LogP contribution in [0.3, 0.4) is 0 Å². The fraction of sp³-hybridized carbons (Fsp3) is 0.125. The van der Waals surface area contributed by atoms with Crippen LogP contribution in [0.5, 0.6) is 5.75 Å². The normalized spacial score (nSPS) is 10.7. The minimum absolute atomic E-state index is 0.148. The number of thioether (sulfide) groups is 1. The maximum Gasteiger partial charge on any atom is 0.230 e. The molecule has 1 N–H and O–H groups in total. The van der Waals surface area contributed by atoms with Crippen molar-refractivity contribution in [3.05, 3.63) is 95.8 Å². The van der Waals surface area contributed by atoms with Crippen molar-refractivity contribution in [2.45, 2.75) is 12.4 Å². The summed E-state index contributed by atoms with van der Waals surface area (Å²) in [5.74, 6) is 1.13. The lowest BCUT2D eigenvalue weighted by molar-refractivity contribution is 0.305. The molecule has 1 heterocycles.